The summed E-state index contributed by atoms with van der Waals surface area (Å²) in [4.78, 5) is 0. The number of nitrogens with zero attached hydrogens (tertiary/aromatic N) is 2. The maximum absolute atomic E-state index is 12.3. The fraction of sp³-hybridized carbons (Fsp3) is 0.250. The standard InChI is InChI=1S/C12H13F2N3O/c13-12(14)17-5-4-10(16-17)8-15-7-9-2-1-3-11(18)6-9/h1-6,12,15,18H,7-8H2. The largest absolute Gasteiger partial charge is 0.508 e. The molecule has 1 aromatic heterocycles. The van der Waals surface area contributed by atoms with E-state index >= 15 is 0 Å². The van der Waals surface area contributed by atoms with Crippen LogP contribution in [-0.4, -0.2) is 14.9 Å². The molecule has 18 heavy (non-hydrogen) atoms. The second kappa shape index (κ2) is 5.59. The van der Waals surface area contributed by atoms with Crippen LogP contribution in [0, 0.1) is 0 Å². The maximum Gasteiger partial charge on any atom is 0.333 e. The van der Waals surface area contributed by atoms with E-state index in [1.54, 1.807) is 24.3 Å². The van der Waals surface area contributed by atoms with E-state index in [2.05, 4.69) is 10.4 Å². The Balaban J connectivity index is 1.84. The van der Waals surface area contributed by atoms with Gasteiger partial charge in [-0.3, -0.25) is 0 Å². The van der Waals surface area contributed by atoms with E-state index in [1.807, 2.05) is 6.07 Å². The smallest absolute Gasteiger partial charge is 0.333 e. The summed E-state index contributed by atoms with van der Waals surface area (Å²) >= 11 is 0. The van der Waals surface area contributed by atoms with E-state index in [-0.39, 0.29) is 5.75 Å². The minimum atomic E-state index is -2.61. The van der Waals surface area contributed by atoms with Gasteiger partial charge in [0.2, 0.25) is 0 Å². The first-order valence-electron chi connectivity index (χ1n) is 5.46. The average Bonchev–Trinajstić information content (AvgIpc) is 2.78. The zero-order valence-electron chi connectivity index (χ0n) is 9.55. The van der Waals surface area contributed by atoms with Crippen molar-refractivity contribution in [2.24, 2.45) is 0 Å². The minimum absolute atomic E-state index is 0.205. The zero-order valence-corrected chi connectivity index (χ0v) is 9.55. The number of alkyl halides is 2. The summed E-state index contributed by atoms with van der Waals surface area (Å²) < 4.78 is 25.1. The molecule has 4 nitrogen and oxygen atoms in total. The van der Waals surface area contributed by atoms with Crippen LogP contribution in [0.5, 0.6) is 5.75 Å². The Hall–Kier alpha value is -1.95. The molecule has 0 radical (unpaired) electrons. The van der Waals surface area contributed by atoms with Crippen LogP contribution < -0.4 is 5.32 Å². The monoisotopic (exact) mass is 253 g/mol. The fourth-order valence-electron chi connectivity index (χ4n) is 1.58. The van der Waals surface area contributed by atoms with Gasteiger partial charge in [-0.1, -0.05) is 12.1 Å². The molecule has 96 valence electrons. The summed E-state index contributed by atoms with van der Waals surface area (Å²) in [6, 6.07) is 8.39. The van der Waals surface area contributed by atoms with Crippen LogP contribution >= 0.6 is 0 Å². The lowest BCUT2D eigenvalue weighted by Gasteiger charge is -2.03. The number of halogens is 2. The summed E-state index contributed by atoms with van der Waals surface area (Å²) in [6.07, 6.45) is 1.25. The molecule has 1 heterocycles. The summed E-state index contributed by atoms with van der Waals surface area (Å²) in [5.41, 5.74) is 1.47. The SMILES string of the molecule is Oc1cccc(CNCc2ccn(C(F)F)n2)c1. The third kappa shape index (κ3) is 3.27. The summed E-state index contributed by atoms with van der Waals surface area (Å²) in [5.74, 6) is 0.205. The number of nitrogens with one attached hydrogen (secondary N) is 1. The molecule has 0 aliphatic carbocycles. The van der Waals surface area contributed by atoms with Crippen LogP contribution in [0.2, 0.25) is 0 Å². The van der Waals surface area contributed by atoms with Gasteiger partial charge in [0.25, 0.3) is 0 Å². The van der Waals surface area contributed by atoms with Crippen molar-refractivity contribution in [3.05, 3.63) is 47.8 Å². The fourth-order valence-corrected chi connectivity index (χ4v) is 1.58. The van der Waals surface area contributed by atoms with E-state index in [4.69, 9.17) is 0 Å². The molecule has 0 fully saturated rings. The van der Waals surface area contributed by atoms with Crippen LogP contribution in [-0.2, 0) is 13.1 Å². The summed E-state index contributed by atoms with van der Waals surface area (Å²) in [7, 11) is 0. The predicted octanol–water partition coefficient (Wildman–Crippen LogP) is 2.27. The number of phenolic OH excluding ortho intramolecular Hbond substituents is 1. The van der Waals surface area contributed by atoms with Crippen molar-refractivity contribution in [1.82, 2.24) is 15.1 Å². The first-order chi connectivity index (χ1) is 8.65. The molecule has 0 aliphatic rings. The van der Waals surface area contributed by atoms with Crippen molar-refractivity contribution in [2.45, 2.75) is 19.6 Å². The molecule has 0 unspecified atom stereocenters. The van der Waals surface area contributed by atoms with Gasteiger partial charge in [-0.05, 0) is 23.8 Å². The quantitative estimate of drug-likeness (QED) is 0.859. The number of aromatic nitrogens is 2. The highest BCUT2D eigenvalue weighted by Crippen LogP contribution is 2.11. The molecule has 0 bridgehead atoms. The maximum atomic E-state index is 12.3. The first kappa shape index (κ1) is 12.5. The molecule has 6 heteroatoms. The van der Waals surface area contributed by atoms with Gasteiger partial charge in [0.15, 0.2) is 0 Å². The number of rotatable bonds is 5. The van der Waals surface area contributed by atoms with Gasteiger partial charge < -0.3 is 10.4 Å². The molecule has 2 rings (SSSR count). The van der Waals surface area contributed by atoms with Crippen LogP contribution in [0.25, 0.3) is 0 Å². The van der Waals surface area contributed by atoms with Gasteiger partial charge in [-0.2, -0.15) is 13.9 Å². The first-order valence-corrected chi connectivity index (χ1v) is 5.46. The van der Waals surface area contributed by atoms with Gasteiger partial charge in [0.1, 0.15) is 5.75 Å². The van der Waals surface area contributed by atoms with Gasteiger partial charge in [-0.15, -0.1) is 0 Å². The highest BCUT2D eigenvalue weighted by molar-refractivity contribution is 5.26. The van der Waals surface area contributed by atoms with E-state index in [1.165, 1.54) is 6.20 Å². The van der Waals surface area contributed by atoms with Crippen molar-refractivity contribution < 1.29 is 13.9 Å². The summed E-state index contributed by atoms with van der Waals surface area (Å²) in [5, 5.41) is 16.0. The van der Waals surface area contributed by atoms with Crippen LogP contribution in [0.15, 0.2) is 36.5 Å². The molecule has 2 aromatic rings. The van der Waals surface area contributed by atoms with Gasteiger partial charge in [0, 0.05) is 19.3 Å². The van der Waals surface area contributed by atoms with E-state index in [9.17, 15) is 13.9 Å². The van der Waals surface area contributed by atoms with Crippen molar-refractivity contribution in [3.8, 4) is 5.75 Å². The van der Waals surface area contributed by atoms with Crippen LogP contribution in [0.1, 0.15) is 17.8 Å². The highest BCUT2D eigenvalue weighted by Gasteiger charge is 2.06. The Bertz CT molecular complexity index is 514. The Labute approximate surface area is 103 Å². The van der Waals surface area contributed by atoms with E-state index < -0.39 is 6.55 Å². The molecular formula is C12H13F2N3O. The predicted molar refractivity (Wildman–Crippen MR) is 62.1 cm³/mol. The topological polar surface area (TPSA) is 50.1 Å². The van der Waals surface area contributed by atoms with Gasteiger partial charge in [-0.25, -0.2) is 4.68 Å². The third-order valence-corrected chi connectivity index (χ3v) is 2.41. The molecule has 0 amide bonds. The molecule has 0 aliphatic heterocycles. The lowest BCUT2D eigenvalue weighted by atomic mass is 10.2. The molecule has 0 saturated carbocycles. The van der Waals surface area contributed by atoms with Crippen molar-refractivity contribution in [3.63, 3.8) is 0 Å². The second-order valence-electron chi connectivity index (χ2n) is 3.84. The van der Waals surface area contributed by atoms with Crippen molar-refractivity contribution in [1.29, 1.82) is 0 Å². The number of hydrogen-bond donors (Lipinski definition) is 2. The van der Waals surface area contributed by atoms with Crippen molar-refractivity contribution >= 4 is 0 Å². The lowest BCUT2D eigenvalue weighted by molar-refractivity contribution is 0.0561. The molecule has 1 aromatic carbocycles. The van der Waals surface area contributed by atoms with Gasteiger partial charge >= 0.3 is 6.55 Å². The average molecular weight is 253 g/mol. The second-order valence-corrected chi connectivity index (χ2v) is 3.84. The molecule has 0 atom stereocenters. The molecule has 0 spiro atoms. The number of benzene rings is 1. The Morgan fingerprint density at radius 2 is 2.11 bits per heavy atom. The normalized spacial score (nSPS) is 11.1. The zero-order chi connectivity index (χ0) is 13.0. The van der Waals surface area contributed by atoms with E-state index in [0.717, 1.165) is 5.56 Å². The lowest BCUT2D eigenvalue weighted by Crippen LogP contribution is -2.13. The minimum Gasteiger partial charge on any atom is -0.508 e. The number of aromatic hydroxyl groups is 1. The third-order valence-electron chi connectivity index (χ3n) is 2.41. The van der Waals surface area contributed by atoms with Crippen molar-refractivity contribution in [2.75, 3.05) is 0 Å². The number of phenols is 1. The van der Waals surface area contributed by atoms with E-state index in [0.29, 0.717) is 23.5 Å². The molecular weight excluding hydrogens is 240 g/mol. The molecule has 2 N–H and O–H groups in total. The Morgan fingerprint density at radius 3 is 2.78 bits per heavy atom. The molecule has 0 saturated heterocycles. The Kier molecular flexibility index (Phi) is 3.88. The number of hydrogen-bond acceptors (Lipinski definition) is 3. The van der Waals surface area contributed by atoms with Crippen LogP contribution in [0.3, 0.4) is 0 Å². The summed E-state index contributed by atoms with van der Waals surface area (Å²) in [6.45, 7) is -1.67. The highest BCUT2D eigenvalue weighted by atomic mass is 19.3. The Morgan fingerprint density at radius 1 is 1.28 bits per heavy atom. The van der Waals surface area contributed by atoms with Gasteiger partial charge in [0.05, 0.1) is 5.69 Å². The van der Waals surface area contributed by atoms with Crippen LogP contribution in [0.4, 0.5) is 8.78 Å².